The molecule has 1 saturated carbocycles. The summed E-state index contributed by atoms with van der Waals surface area (Å²) in [6.07, 6.45) is 2.69. The lowest BCUT2D eigenvalue weighted by molar-refractivity contribution is -0.143. The predicted molar refractivity (Wildman–Crippen MR) is 156 cm³/mol. The van der Waals surface area contributed by atoms with E-state index in [0.717, 1.165) is 29.7 Å². The summed E-state index contributed by atoms with van der Waals surface area (Å²) in [4.78, 5) is 36.2. The molecule has 3 unspecified atom stereocenters. The van der Waals surface area contributed by atoms with Crippen LogP contribution in [0.3, 0.4) is 0 Å². The van der Waals surface area contributed by atoms with Crippen molar-refractivity contribution in [2.75, 3.05) is 6.54 Å². The van der Waals surface area contributed by atoms with Crippen molar-refractivity contribution in [2.24, 2.45) is 11.8 Å². The molecule has 2 aromatic rings. The van der Waals surface area contributed by atoms with E-state index in [0.29, 0.717) is 31.7 Å². The average Bonchev–Trinajstić information content (AvgIpc) is 2.93. The number of hydrogen-bond acceptors (Lipinski definition) is 6. The van der Waals surface area contributed by atoms with Crippen LogP contribution in [0.25, 0.3) is 0 Å². The second-order valence-corrected chi connectivity index (χ2v) is 11.5. The van der Waals surface area contributed by atoms with Gasteiger partial charge in [-0.25, -0.2) is 4.79 Å². The lowest BCUT2D eigenvalue weighted by Crippen LogP contribution is -2.55. The van der Waals surface area contributed by atoms with Crippen LogP contribution in [0.1, 0.15) is 64.0 Å². The molecule has 2 aromatic carbocycles. The van der Waals surface area contributed by atoms with E-state index in [4.69, 9.17) is 4.74 Å². The van der Waals surface area contributed by atoms with Crippen LogP contribution >= 0.6 is 0 Å². The molecule has 0 radical (unpaired) electrons. The standard InChI is InChI=1S/C32H44N2O7/c1-21(2)32(20-22(3)15-16-28(32)35)41-27-14-8-7-12-24(27)13-9-17-33-25(19-29(36)37)30(38)34-26(31(39)40)18-23-10-5-4-6-11-23/h4-8,10-12,14,21-22,25-26,28,33,35H,9,13,15-20H2,1-3H3,(H,34,38)(H,36,37)(H,39,40)/t22?,25-,26-,28?,32?/m0/s1. The van der Waals surface area contributed by atoms with Gasteiger partial charge in [0.1, 0.15) is 17.4 Å². The maximum absolute atomic E-state index is 12.9. The summed E-state index contributed by atoms with van der Waals surface area (Å²) >= 11 is 0. The fourth-order valence-electron chi connectivity index (χ4n) is 5.64. The van der Waals surface area contributed by atoms with Crippen LogP contribution in [0, 0.1) is 11.8 Å². The zero-order valence-corrected chi connectivity index (χ0v) is 24.2. The number of benzene rings is 2. The maximum Gasteiger partial charge on any atom is 0.326 e. The molecule has 5 atom stereocenters. The van der Waals surface area contributed by atoms with Gasteiger partial charge in [-0.2, -0.15) is 0 Å². The van der Waals surface area contributed by atoms with E-state index < -0.39 is 48.1 Å². The van der Waals surface area contributed by atoms with Gasteiger partial charge in [-0.3, -0.25) is 9.59 Å². The number of para-hydroxylation sites is 1. The number of aliphatic hydroxyl groups excluding tert-OH is 1. The topological polar surface area (TPSA) is 145 Å². The van der Waals surface area contributed by atoms with Crippen LogP contribution in [-0.4, -0.2) is 63.5 Å². The summed E-state index contributed by atoms with van der Waals surface area (Å²) in [6, 6.07) is 14.4. The van der Waals surface area contributed by atoms with E-state index in [-0.39, 0.29) is 12.3 Å². The minimum Gasteiger partial charge on any atom is -0.484 e. The first-order valence-corrected chi connectivity index (χ1v) is 14.5. The number of carboxylic acids is 2. The van der Waals surface area contributed by atoms with Crippen LogP contribution in [0.15, 0.2) is 54.6 Å². The Morgan fingerprint density at radius 3 is 2.34 bits per heavy atom. The molecule has 9 heteroatoms. The lowest BCUT2D eigenvalue weighted by atomic mass is 9.71. The van der Waals surface area contributed by atoms with E-state index in [1.54, 1.807) is 24.3 Å². The number of hydrogen-bond donors (Lipinski definition) is 5. The van der Waals surface area contributed by atoms with Crippen LogP contribution in [-0.2, 0) is 27.2 Å². The highest BCUT2D eigenvalue weighted by Crippen LogP contribution is 2.42. The molecule has 0 bridgehead atoms. The molecule has 0 aromatic heterocycles. The molecule has 3 rings (SSSR count). The van der Waals surface area contributed by atoms with Crippen molar-refractivity contribution in [1.29, 1.82) is 0 Å². The number of aliphatic hydroxyl groups is 1. The predicted octanol–water partition coefficient (Wildman–Crippen LogP) is 3.82. The summed E-state index contributed by atoms with van der Waals surface area (Å²) in [5.41, 5.74) is 1.04. The molecule has 5 N–H and O–H groups in total. The van der Waals surface area contributed by atoms with Crippen molar-refractivity contribution >= 4 is 17.8 Å². The Labute approximate surface area is 242 Å². The highest BCUT2D eigenvalue weighted by Gasteiger charge is 2.47. The molecule has 1 aliphatic carbocycles. The molecule has 1 fully saturated rings. The smallest absolute Gasteiger partial charge is 0.326 e. The van der Waals surface area contributed by atoms with E-state index in [1.807, 2.05) is 30.3 Å². The van der Waals surface area contributed by atoms with Gasteiger partial charge >= 0.3 is 11.9 Å². The van der Waals surface area contributed by atoms with E-state index >= 15 is 0 Å². The molecule has 41 heavy (non-hydrogen) atoms. The Morgan fingerprint density at radius 2 is 1.68 bits per heavy atom. The molecular formula is C32H44N2O7. The Morgan fingerprint density at radius 1 is 1.00 bits per heavy atom. The molecular weight excluding hydrogens is 524 g/mol. The fourth-order valence-corrected chi connectivity index (χ4v) is 5.64. The summed E-state index contributed by atoms with van der Waals surface area (Å²) < 4.78 is 6.63. The third kappa shape index (κ3) is 9.03. The third-order valence-corrected chi connectivity index (χ3v) is 8.02. The van der Waals surface area contributed by atoms with Gasteiger partial charge in [0.05, 0.1) is 18.6 Å². The zero-order chi connectivity index (χ0) is 30.0. The first kappa shape index (κ1) is 32.1. The van der Waals surface area contributed by atoms with Gasteiger partial charge in [0.15, 0.2) is 0 Å². The first-order chi connectivity index (χ1) is 19.5. The molecule has 224 valence electrons. The summed E-state index contributed by atoms with van der Waals surface area (Å²) in [7, 11) is 0. The quantitative estimate of drug-likeness (QED) is 0.204. The summed E-state index contributed by atoms with van der Waals surface area (Å²) in [5, 5.41) is 35.5. The van der Waals surface area contributed by atoms with Crippen LogP contribution < -0.4 is 15.4 Å². The van der Waals surface area contributed by atoms with Gasteiger partial charge in [-0.15, -0.1) is 0 Å². The molecule has 0 saturated heterocycles. The molecule has 0 aliphatic heterocycles. The number of aliphatic carboxylic acids is 2. The Balaban J connectivity index is 1.62. The monoisotopic (exact) mass is 568 g/mol. The number of carbonyl (C=O) groups excluding carboxylic acids is 1. The normalized spacial score (nSPS) is 22.1. The number of ether oxygens (including phenoxy) is 1. The van der Waals surface area contributed by atoms with E-state index in [1.165, 1.54) is 0 Å². The summed E-state index contributed by atoms with van der Waals surface area (Å²) in [5.74, 6) is -1.74. The van der Waals surface area contributed by atoms with Crippen LogP contribution in [0.4, 0.5) is 0 Å². The Hall–Kier alpha value is -3.43. The molecule has 1 aliphatic rings. The van der Waals surface area contributed by atoms with Gasteiger partial charge in [-0.05, 0) is 67.7 Å². The van der Waals surface area contributed by atoms with Crippen LogP contribution in [0.5, 0.6) is 5.75 Å². The van der Waals surface area contributed by atoms with E-state index in [9.17, 15) is 29.7 Å². The maximum atomic E-state index is 12.9. The minimum absolute atomic E-state index is 0.0871. The fraction of sp³-hybridized carbons (Fsp3) is 0.531. The molecule has 9 nitrogen and oxygen atoms in total. The van der Waals surface area contributed by atoms with Gasteiger partial charge in [0.2, 0.25) is 5.91 Å². The van der Waals surface area contributed by atoms with E-state index in [2.05, 4.69) is 31.4 Å². The highest BCUT2D eigenvalue weighted by atomic mass is 16.5. The van der Waals surface area contributed by atoms with Crippen molar-refractivity contribution in [1.82, 2.24) is 10.6 Å². The Bertz CT molecular complexity index is 1160. The Kier molecular flexibility index (Phi) is 11.7. The van der Waals surface area contributed by atoms with Crippen molar-refractivity contribution in [3.63, 3.8) is 0 Å². The van der Waals surface area contributed by atoms with Gasteiger partial charge in [0.25, 0.3) is 0 Å². The molecule has 0 spiro atoms. The van der Waals surface area contributed by atoms with Crippen molar-refractivity contribution in [3.8, 4) is 5.75 Å². The summed E-state index contributed by atoms with van der Waals surface area (Å²) in [6.45, 7) is 6.69. The van der Waals surface area contributed by atoms with Crippen LogP contribution in [0.2, 0.25) is 0 Å². The third-order valence-electron chi connectivity index (χ3n) is 8.02. The number of aryl methyl sites for hydroxylation is 1. The highest BCUT2D eigenvalue weighted by molar-refractivity contribution is 5.89. The number of nitrogens with one attached hydrogen (secondary N) is 2. The van der Waals surface area contributed by atoms with Gasteiger partial charge < -0.3 is 30.7 Å². The molecule has 1 amide bonds. The minimum atomic E-state index is -1.19. The largest absolute Gasteiger partial charge is 0.484 e. The number of carboxylic acid groups (broad SMARTS) is 2. The second-order valence-electron chi connectivity index (χ2n) is 11.5. The number of amides is 1. The number of rotatable bonds is 15. The SMILES string of the molecule is CC1CCC(O)C(Oc2ccccc2CCCN[C@@H](CC(=O)O)C(=O)N[C@@H](Cc2ccccc2)C(=O)O)(C(C)C)C1. The second kappa shape index (κ2) is 15.0. The zero-order valence-electron chi connectivity index (χ0n) is 24.2. The number of carbonyl (C=O) groups is 3. The lowest BCUT2D eigenvalue weighted by Gasteiger charge is -2.47. The van der Waals surface area contributed by atoms with Crippen molar-refractivity contribution in [3.05, 3.63) is 65.7 Å². The van der Waals surface area contributed by atoms with Gasteiger partial charge in [0, 0.05) is 6.42 Å². The first-order valence-electron chi connectivity index (χ1n) is 14.5. The molecule has 0 heterocycles. The average molecular weight is 569 g/mol. The van der Waals surface area contributed by atoms with Crippen molar-refractivity contribution in [2.45, 2.75) is 89.5 Å². The van der Waals surface area contributed by atoms with Crippen molar-refractivity contribution < 1.29 is 34.4 Å². The van der Waals surface area contributed by atoms with Gasteiger partial charge in [-0.1, -0.05) is 69.3 Å².